The summed E-state index contributed by atoms with van der Waals surface area (Å²) in [6, 6.07) is 11.0. The summed E-state index contributed by atoms with van der Waals surface area (Å²) in [7, 11) is 0. The molecule has 94 valence electrons. The van der Waals surface area contributed by atoms with E-state index >= 15 is 0 Å². The van der Waals surface area contributed by atoms with E-state index in [0.29, 0.717) is 10.1 Å². The van der Waals surface area contributed by atoms with Crippen LogP contribution in [0.4, 0.5) is 8.78 Å². The number of fused-ring (bicyclic) bond motifs is 1. The molecular weight excluding hydrogens is 266 g/mol. The van der Waals surface area contributed by atoms with Crippen molar-refractivity contribution in [2.45, 2.75) is 10.1 Å². The van der Waals surface area contributed by atoms with Gasteiger partial charge in [0.15, 0.2) is 5.16 Å². The Morgan fingerprint density at radius 1 is 1.00 bits per heavy atom. The van der Waals surface area contributed by atoms with Gasteiger partial charge in [0.05, 0.1) is 10.4 Å². The minimum absolute atomic E-state index is 0.302. The molecule has 3 rings (SSSR count). The van der Waals surface area contributed by atoms with E-state index in [2.05, 4.69) is 9.97 Å². The lowest BCUT2D eigenvalue weighted by Gasteiger charge is -2.03. The highest BCUT2D eigenvalue weighted by Crippen LogP contribution is 2.28. The van der Waals surface area contributed by atoms with Crippen molar-refractivity contribution in [1.29, 1.82) is 0 Å². The highest BCUT2D eigenvalue weighted by molar-refractivity contribution is 7.99. The van der Waals surface area contributed by atoms with Crippen molar-refractivity contribution in [3.8, 4) is 0 Å². The maximum absolute atomic E-state index is 13.5. The number of halogens is 2. The lowest BCUT2D eigenvalue weighted by molar-refractivity contribution is 0.565. The molecule has 0 spiro atoms. The van der Waals surface area contributed by atoms with Crippen LogP contribution in [0.1, 0.15) is 0 Å². The van der Waals surface area contributed by atoms with Crippen LogP contribution in [-0.4, -0.2) is 9.97 Å². The molecule has 2 nitrogen and oxygen atoms in total. The maximum Gasteiger partial charge on any atom is 0.193 e. The first kappa shape index (κ1) is 12.0. The van der Waals surface area contributed by atoms with E-state index in [-0.39, 0.29) is 0 Å². The number of nitrogens with zero attached hydrogens (tertiary/aromatic N) is 2. The van der Waals surface area contributed by atoms with Gasteiger partial charge < -0.3 is 0 Å². The fourth-order valence-electron chi connectivity index (χ4n) is 1.66. The predicted molar refractivity (Wildman–Crippen MR) is 70.0 cm³/mol. The molecular formula is C14H8F2N2S. The average Bonchev–Trinajstić information content (AvgIpc) is 2.42. The third kappa shape index (κ3) is 2.56. The van der Waals surface area contributed by atoms with Crippen LogP contribution in [0, 0.1) is 11.6 Å². The molecule has 5 heteroatoms. The Labute approximate surface area is 112 Å². The van der Waals surface area contributed by atoms with Gasteiger partial charge in [-0.3, -0.25) is 0 Å². The first-order valence-corrected chi connectivity index (χ1v) is 6.39. The Balaban J connectivity index is 1.96. The van der Waals surface area contributed by atoms with Gasteiger partial charge in [-0.15, -0.1) is 0 Å². The molecule has 19 heavy (non-hydrogen) atoms. The molecule has 0 bridgehead atoms. The number of hydrogen-bond donors (Lipinski definition) is 0. The first-order chi connectivity index (χ1) is 9.22. The number of rotatable bonds is 2. The molecule has 1 aromatic heterocycles. The molecule has 2 aromatic carbocycles. The summed E-state index contributed by atoms with van der Waals surface area (Å²) < 4.78 is 26.3. The number of aromatic nitrogens is 2. The molecule has 0 N–H and O–H groups in total. The van der Waals surface area contributed by atoms with Crippen molar-refractivity contribution in [2.75, 3.05) is 0 Å². The summed E-state index contributed by atoms with van der Waals surface area (Å²) in [5.74, 6) is -1.21. The summed E-state index contributed by atoms with van der Waals surface area (Å²) in [5, 5.41) is 1.36. The Kier molecular flexibility index (Phi) is 3.13. The van der Waals surface area contributed by atoms with Crippen molar-refractivity contribution in [3.63, 3.8) is 0 Å². The second kappa shape index (κ2) is 4.93. The van der Waals surface area contributed by atoms with Crippen molar-refractivity contribution >= 4 is 22.7 Å². The summed E-state index contributed by atoms with van der Waals surface area (Å²) in [6.45, 7) is 0. The highest BCUT2D eigenvalue weighted by atomic mass is 32.2. The van der Waals surface area contributed by atoms with Crippen LogP contribution < -0.4 is 0 Å². The van der Waals surface area contributed by atoms with Gasteiger partial charge in [-0.05, 0) is 30.0 Å². The van der Waals surface area contributed by atoms with Crippen LogP contribution in [0.2, 0.25) is 0 Å². The summed E-state index contributed by atoms with van der Waals surface area (Å²) in [5.41, 5.74) is 0.794. The number of benzene rings is 2. The van der Waals surface area contributed by atoms with Gasteiger partial charge >= 0.3 is 0 Å². The quantitative estimate of drug-likeness (QED) is 0.659. The third-order valence-corrected chi connectivity index (χ3v) is 3.49. The largest absolute Gasteiger partial charge is 0.230 e. The lowest BCUT2D eigenvalue weighted by Crippen LogP contribution is -1.89. The smallest absolute Gasteiger partial charge is 0.193 e. The van der Waals surface area contributed by atoms with Crippen LogP contribution in [0.25, 0.3) is 10.9 Å². The van der Waals surface area contributed by atoms with E-state index < -0.39 is 11.6 Å². The van der Waals surface area contributed by atoms with Gasteiger partial charge in [-0.2, -0.15) is 0 Å². The second-order valence-electron chi connectivity index (χ2n) is 3.89. The molecule has 0 aliphatic rings. The normalized spacial score (nSPS) is 10.8. The third-order valence-electron chi connectivity index (χ3n) is 2.56. The number of para-hydroxylation sites is 1. The van der Waals surface area contributed by atoms with E-state index in [0.717, 1.165) is 28.7 Å². The fraction of sp³-hybridized carbons (Fsp3) is 0. The average molecular weight is 274 g/mol. The summed E-state index contributed by atoms with van der Waals surface area (Å²) in [6.07, 6.45) is 1.69. The van der Waals surface area contributed by atoms with Crippen LogP contribution in [0.3, 0.4) is 0 Å². The van der Waals surface area contributed by atoms with Gasteiger partial charge in [-0.25, -0.2) is 18.7 Å². The number of hydrogen-bond acceptors (Lipinski definition) is 3. The molecule has 0 saturated carbocycles. The van der Waals surface area contributed by atoms with Gasteiger partial charge in [0.1, 0.15) is 11.6 Å². The van der Waals surface area contributed by atoms with Gasteiger partial charge in [0.25, 0.3) is 0 Å². The lowest BCUT2D eigenvalue weighted by atomic mass is 10.2. The van der Waals surface area contributed by atoms with E-state index in [1.54, 1.807) is 6.20 Å². The zero-order chi connectivity index (χ0) is 13.2. The van der Waals surface area contributed by atoms with Crippen LogP contribution in [-0.2, 0) is 0 Å². The van der Waals surface area contributed by atoms with Crippen LogP contribution in [0.5, 0.6) is 0 Å². The highest BCUT2D eigenvalue weighted by Gasteiger charge is 2.08. The Hall–Kier alpha value is -2.01. The first-order valence-electron chi connectivity index (χ1n) is 5.57. The molecule has 0 aliphatic carbocycles. The monoisotopic (exact) mass is 274 g/mol. The molecule has 3 aromatic rings. The van der Waals surface area contributed by atoms with Crippen LogP contribution in [0.15, 0.2) is 58.7 Å². The second-order valence-corrected chi connectivity index (χ2v) is 4.90. The van der Waals surface area contributed by atoms with E-state index in [1.807, 2.05) is 24.3 Å². The molecule has 0 radical (unpaired) electrons. The van der Waals surface area contributed by atoms with Gasteiger partial charge in [0, 0.05) is 17.6 Å². The Morgan fingerprint density at radius 3 is 2.68 bits per heavy atom. The molecule has 1 heterocycles. The maximum atomic E-state index is 13.5. The molecule has 0 saturated heterocycles. The fourth-order valence-corrected chi connectivity index (χ4v) is 2.40. The predicted octanol–water partition coefficient (Wildman–Crippen LogP) is 4.06. The Bertz CT molecular complexity index is 746. The topological polar surface area (TPSA) is 25.8 Å². The molecule has 0 amide bonds. The van der Waals surface area contributed by atoms with Crippen molar-refractivity contribution in [1.82, 2.24) is 9.97 Å². The minimum atomic E-state index is -0.609. The van der Waals surface area contributed by atoms with E-state index in [4.69, 9.17) is 0 Å². The molecule has 0 fully saturated rings. The van der Waals surface area contributed by atoms with Crippen molar-refractivity contribution in [2.24, 2.45) is 0 Å². The summed E-state index contributed by atoms with van der Waals surface area (Å²) >= 11 is 1.07. The van der Waals surface area contributed by atoms with Crippen LogP contribution >= 0.6 is 11.8 Å². The van der Waals surface area contributed by atoms with Crippen molar-refractivity contribution < 1.29 is 8.78 Å². The molecule has 0 atom stereocenters. The standard InChI is InChI=1S/C14H8F2N2S/c15-10-5-6-13(11(16)7-10)19-14-17-8-9-3-1-2-4-12(9)18-14/h1-8H. The molecule has 0 aliphatic heterocycles. The minimum Gasteiger partial charge on any atom is -0.230 e. The van der Waals surface area contributed by atoms with E-state index in [1.165, 1.54) is 12.1 Å². The summed E-state index contributed by atoms with van der Waals surface area (Å²) in [4.78, 5) is 8.79. The molecule has 0 unspecified atom stereocenters. The Morgan fingerprint density at radius 2 is 1.84 bits per heavy atom. The zero-order valence-electron chi connectivity index (χ0n) is 9.68. The van der Waals surface area contributed by atoms with Gasteiger partial charge in [-0.1, -0.05) is 18.2 Å². The van der Waals surface area contributed by atoms with Crippen molar-refractivity contribution in [3.05, 3.63) is 60.3 Å². The van der Waals surface area contributed by atoms with E-state index in [9.17, 15) is 8.78 Å². The SMILES string of the molecule is Fc1ccc(Sc2ncc3ccccc3n2)c(F)c1. The zero-order valence-corrected chi connectivity index (χ0v) is 10.5. The van der Waals surface area contributed by atoms with Gasteiger partial charge in [0.2, 0.25) is 0 Å².